The van der Waals surface area contributed by atoms with E-state index in [4.69, 9.17) is 5.73 Å². The van der Waals surface area contributed by atoms with Crippen LogP contribution in [0.15, 0.2) is 9.59 Å². The van der Waals surface area contributed by atoms with Crippen LogP contribution < -0.4 is 21.9 Å². The molecule has 0 fully saturated rings. The van der Waals surface area contributed by atoms with Crippen molar-refractivity contribution in [3.63, 3.8) is 0 Å². The minimum Gasteiger partial charge on any atom is -0.394 e. The molecular weight excluding hydrogens is 192 g/mol. The predicted octanol–water partition coefficient (Wildman–Crippen LogP) is 1.25. The molecule has 0 aliphatic carbocycles. The van der Waals surface area contributed by atoms with E-state index in [2.05, 4.69) is 12.2 Å². The lowest BCUT2D eigenvalue weighted by atomic mass is 9.96. The lowest BCUT2D eigenvalue weighted by Crippen LogP contribution is -2.42. The fourth-order valence-electron chi connectivity index (χ4n) is 1.55. The molecule has 1 aromatic rings. The van der Waals surface area contributed by atoms with Gasteiger partial charge >= 0.3 is 0 Å². The van der Waals surface area contributed by atoms with Crippen LogP contribution in [0.1, 0.15) is 40.0 Å². The maximum Gasteiger partial charge on any atom is 0.253 e. The molecule has 0 aliphatic rings. The lowest BCUT2D eigenvalue weighted by molar-refractivity contribution is 0.492. The zero-order valence-electron chi connectivity index (χ0n) is 9.52. The Hall–Kier alpha value is -1.32. The van der Waals surface area contributed by atoms with Gasteiger partial charge in [0.05, 0.1) is 0 Å². The van der Waals surface area contributed by atoms with Crippen molar-refractivity contribution in [3.05, 3.63) is 20.4 Å². The summed E-state index contributed by atoms with van der Waals surface area (Å²) in [5.41, 5.74) is 4.56. The fourth-order valence-corrected chi connectivity index (χ4v) is 1.55. The van der Waals surface area contributed by atoms with Gasteiger partial charge in [0.1, 0.15) is 11.4 Å². The summed E-state index contributed by atoms with van der Waals surface area (Å²) in [6.45, 7) is 6.11. The first-order valence-electron chi connectivity index (χ1n) is 5.26. The van der Waals surface area contributed by atoms with Gasteiger partial charge in [-0.1, -0.05) is 19.8 Å². The Labute approximate surface area is 89.2 Å². The molecule has 0 amide bonds. The van der Waals surface area contributed by atoms with Gasteiger partial charge in [-0.25, -0.2) is 0 Å². The third kappa shape index (κ3) is 2.37. The van der Waals surface area contributed by atoms with Crippen molar-refractivity contribution < 1.29 is 0 Å². The van der Waals surface area contributed by atoms with E-state index < -0.39 is 10.9 Å². The van der Waals surface area contributed by atoms with E-state index in [9.17, 15) is 9.59 Å². The van der Waals surface area contributed by atoms with E-state index in [1.807, 2.05) is 13.8 Å². The SMILES string of the molecule is CCCCC(C)(C)Nc1c(N)c(=O)c1=O. The molecule has 0 bridgehead atoms. The number of rotatable bonds is 5. The molecular formula is C11H18N2O2. The van der Waals surface area contributed by atoms with E-state index in [-0.39, 0.29) is 11.2 Å². The van der Waals surface area contributed by atoms with E-state index in [0.29, 0.717) is 5.69 Å². The summed E-state index contributed by atoms with van der Waals surface area (Å²) in [5.74, 6) is 0. The Kier molecular flexibility index (Phi) is 3.17. The third-order valence-corrected chi connectivity index (χ3v) is 2.57. The molecule has 0 unspecified atom stereocenters. The second kappa shape index (κ2) is 4.04. The minimum atomic E-state index is -0.566. The highest BCUT2D eigenvalue weighted by Gasteiger charge is 2.24. The number of nitrogens with two attached hydrogens (primary N) is 1. The third-order valence-electron chi connectivity index (χ3n) is 2.57. The molecule has 4 nitrogen and oxygen atoms in total. The van der Waals surface area contributed by atoms with Crippen molar-refractivity contribution in [1.29, 1.82) is 0 Å². The molecule has 15 heavy (non-hydrogen) atoms. The first kappa shape index (κ1) is 11.8. The Morgan fingerprint density at radius 3 is 2.33 bits per heavy atom. The molecule has 84 valence electrons. The van der Waals surface area contributed by atoms with Gasteiger partial charge in [0.2, 0.25) is 0 Å². The highest BCUT2D eigenvalue weighted by molar-refractivity contribution is 5.71. The molecule has 4 heteroatoms. The summed E-state index contributed by atoms with van der Waals surface area (Å²) in [6.07, 6.45) is 3.13. The number of hydrogen-bond acceptors (Lipinski definition) is 4. The van der Waals surface area contributed by atoms with Crippen LogP contribution in [0.25, 0.3) is 0 Å². The van der Waals surface area contributed by atoms with E-state index in [0.717, 1.165) is 19.3 Å². The molecule has 0 atom stereocenters. The predicted molar refractivity (Wildman–Crippen MR) is 63.0 cm³/mol. The van der Waals surface area contributed by atoms with Crippen LogP contribution >= 0.6 is 0 Å². The van der Waals surface area contributed by atoms with E-state index in [1.54, 1.807) is 0 Å². The quantitative estimate of drug-likeness (QED) is 0.717. The fraction of sp³-hybridized carbons (Fsp3) is 0.636. The summed E-state index contributed by atoms with van der Waals surface area (Å²) in [4.78, 5) is 22.1. The molecule has 0 spiro atoms. The van der Waals surface area contributed by atoms with Gasteiger partial charge in [-0.15, -0.1) is 0 Å². The van der Waals surface area contributed by atoms with Crippen LogP contribution in [0.3, 0.4) is 0 Å². The van der Waals surface area contributed by atoms with Crippen LogP contribution in [0.2, 0.25) is 0 Å². The van der Waals surface area contributed by atoms with Gasteiger partial charge in [-0.2, -0.15) is 0 Å². The maximum absolute atomic E-state index is 11.2. The van der Waals surface area contributed by atoms with Crippen molar-refractivity contribution >= 4 is 11.4 Å². The van der Waals surface area contributed by atoms with Crippen molar-refractivity contribution in [1.82, 2.24) is 0 Å². The summed E-state index contributed by atoms with van der Waals surface area (Å²) >= 11 is 0. The van der Waals surface area contributed by atoms with Crippen molar-refractivity contribution in [2.45, 2.75) is 45.6 Å². The van der Waals surface area contributed by atoms with E-state index in [1.165, 1.54) is 0 Å². The number of hydrogen-bond donors (Lipinski definition) is 2. The van der Waals surface area contributed by atoms with E-state index >= 15 is 0 Å². The maximum atomic E-state index is 11.2. The second-order valence-electron chi connectivity index (χ2n) is 4.56. The molecule has 0 aromatic heterocycles. The molecule has 0 aliphatic heterocycles. The number of nitrogens with one attached hydrogen (secondary N) is 1. The normalized spacial score (nSPS) is 11.9. The summed E-state index contributed by atoms with van der Waals surface area (Å²) < 4.78 is 0. The van der Waals surface area contributed by atoms with Crippen molar-refractivity contribution in [3.8, 4) is 0 Å². The molecule has 1 rings (SSSR count). The minimum absolute atomic E-state index is 0.0737. The van der Waals surface area contributed by atoms with Crippen LogP contribution in [0.5, 0.6) is 0 Å². The number of nitrogen functional groups attached to an aromatic ring is 1. The average molecular weight is 210 g/mol. The number of unbranched alkanes of at least 4 members (excludes halogenated alkanes) is 1. The monoisotopic (exact) mass is 210 g/mol. The van der Waals surface area contributed by atoms with Crippen LogP contribution in [0, 0.1) is 0 Å². The number of anilines is 2. The molecule has 0 saturated carbocycles. The van der Waals surface area contributed by atoms with Crippen LogP contribution in [0.4, 0.5) is 11.4 Å². The summed E-state index contributed by atoms with van der Waals surface area (Å²) in [6, 6.07) is 0. The molecule has 1 aromatic carbocycles. The summed E-state index contributed by atoms with van der Waals surface area (Å²) in [7, 11) is 0. The first-order chi connectivity index (χ1) is 6.89. The zero-order chi connectivity index (χ0) is 11.6. The standard InChI is InChI=1S/C11H18N2O2/c1-4-5-6-11(2,3)13-8-7(12)9(14)10(8)15/h13H,4-6,12H2,1-3H3. The lowest BCUT2D eigenvalue weighted by Gasteiger charge is -2.28. The van der Waals surface area contributed by atoms with Crippen LogP contribution in [-0.2, 0) is 0 Å². The molecule has 3 N–H and O–H groups in total. The molecule has 0 heterocycles. The summed E-state index contributed by atoms with van der Waals surface area (Å²) in [5, 5.41) is 3.04. The largest absolute Gasteiger partial charge is 0.394 e. The van der Waals surface area contributed by atoms with Gasteiger partial charge < -0.3 is 11.1 Å². The van der Waals surface area contributed by atoms with Gasteiger partial charge in [0, 0.05) is 5.54 Å². The smallest absolute Gasteiger partial charge is 0.253 e. The first-order valence-corrected chi connectivity index (χ1v) is 5.26. The Morgan fingerprint density at radius 1 is 1.27 bits per heavy atom. The Bertz CT molecular complexity index is 414. The van der Waals surface area contributed by atoms with Gasteiger partial charge in [-0.3, -0.25) is 9.59 Å². The topological polar surface area (TPSA) is 72.2 Å². The van der Waals surface area contributed by atoms with Crippen molar-refractivity contribution in [2.75, 3.05) is 11.1 Å². The van der Waals surface area contributed by atoms with Gasteiger partial charge in [0.15, 0.2) is 0 Å². The molecule has 0 radical (unpaired) electrons. The van der Waals surface area contributed by atoms with Crippen LogP contribution in [-0.4, -0.2) is 5.54 Å². The highest BCUT2D eigenvalue weighted by atomic mass is 16.2. The zero-order valence-corrected chi connectivity index (χ0v) is 9.52. The van der Waals surface area contributed by atoms with Gasteiger partial charge in [0.25, 0.3) is 10.9 Å². The average Bonchev–Trinajstić information content (AvgIpc) is 2.21. The highest BCUT2D eigenvalue weighted by Crippen LogP contribution is 2.21. The van der Waals surface area contributed by atoms with Gasteiger partial charge in [-0.05, 0) is 20.3 Å². The van der Waals surface area contributed by atoms with Crippen molar-refractivity contribution in [2.24, 2.45) is 0 Å². The Morgan fingerprint density at radius 2 is 1.87 bits per heavy atom. The second-order valence-corrected chi connectivity index (χ2v) is 4.56. The Balaban J connectivity index is 2.70. The molecule has 0 saturated heterocycles.